The number of aromatic nitrogens is 7. The molecule has 2 aliphatic heterocycles. The minimum Gasteiger partial charge on any atom is -0.393 e. The minimum atomic E-state index is -4.80. The van der Waals surface area contributed by atoms with E-state index in [4.69, 9.17) is 30.0 Å². The summed E-state index contributed by atoms with van der Waals surface area (Å²) in [5, 5.41) is 20.4. The average molecular weight is 571 g/mol. The van der Waals surface area contributed by atoms with Gasteiger partial charge in [0.05, 0.1) is 25.6 Å². The minimum absolute atomic E-state index is 0.0204. The fourth-order valence-corrected chi connectivity index (χ4v) is 5.46. The second-order valence-electron chi connectivity index (χ2n) is 9.25. The molecule has 5 heterocycles. The molecule has 1 unspecified atom stereocenters. The van der Waals surface area contributed by atoms with Gasteiger partial charge in [0.15, 0.2) is 11.2 Å². The van der Waals surface area contributed by atoms with E-state index in [0.717, 1.165) is 10.9 Å². The Morgan fingerprint density at radius 3 is 2.67 bits per heavy atom. The summed E-state index contributed by atoms with van der Waals surface area (Å²) in [7, 11) is -4.80. The monoisotopic (exact) mass is 571 g/mol. The number of aromatic amines is 1. The van der Waals surface area contributed by atoms with Crippen LogP contribution in [0.15, 0.2) is 22.2 Å². The number of ether oxygens (including phenoxy) is 2. The van der Waals surface area contributed by atoms with Crippen LogP contribution in [0, 0.1) is 0 Å². The third-order valence-electron chi connectivity index (χ3n) is 6.50. The number of aliphatic hydroxyl groups is 2. The zero-order valence-electron chi connectivity index (χ0n) is 20.4. The van der Waals surface area contributed by atoms with E-state index in [0.29, 0.717) is 0 Å². The van der Waals surface area contributed by atoms with Crippen molar-refractivity contribution in [1.29, 1.82) is 0 Å². The molecule has 39 heavy (non-hydrogen) atoms. The van der Waals surface area contributed by atoms with Crippen LogP contribution in [0.25, 0.3) is 11.2 Å². The highest BCUT2D eigenvalue weighted by molar-refractivity contribution is 7.47. The molecule has 2 aliphatic rings. The van der Waals surface area contributed by atoms with E-state index >= 15 is 0 Å². The lowest BCUT2D eigenvalue weighted by atomic mass is 10.0. The van der Waals surface area contributed by atoms with Crippen LogP contribution in [0.3, 0.4) is 0 Å². The highest BCUT2D eigenvalue weighted by Gasteiger charge is 2.50. The van der Waals surface area contributed by atoms with Crippen molar-refractivity contribution >= 4 is 30.9 Å². The summed E-state index contributed by atoms with van der Waals surface area (Å²) < 4.78 is 37.1. The Morgan fingerprint density at radius 1 is 1.21 bits per heavy atom. The lowest BCUT2D eigenvalue weighted by Gasteiger charge is -2.29. The first-order valence-electron chi connectivity index (χ1n) is 11.6. The Bertz CT molecular complexity index is 1540. The number of rotatable bonds is 8. The van der Waals surface area contributed by atoms with Crippen molar-refractivity contribution in [2.75, 3.05) is 24.7 Å². The Morgan fingerprint density at radius 2 is 1.95 bits per heavy atom. The molecular weight excluding hydrogens is 545 g/mol. The second kappa shape index (κ2) is 10.0. The van der Waals surface area contributed by atoms with Crippen LogP contribution in [0.2, 0.25) is 0 Å². The highest BCUT2D eigenvalue weighted by Crippen LogP contribution is 2.51. The van der Waals surface area contributed by atoms with Gasteiger partial charge in [0, 0.05) is 12.8 Å². The molecule has 5 rings (SSSR count). The number of fused-ring (bicyclic) bond motifs is 1. The predicted octanol–water partition coefficient (Wildman–Crippen LogP) is -2.24. The van der Waals surface area contributed by atoms with Crippen LogP contribution in [0.1, 0.15) is 32.2 Å². The molecule has 7 atom stereocenters. The second-order valence-corrected chi connectivity index (χ2v) is 10.7. The summed E-state index contributed by atoms with van der Waals surface area (Å²) in [5.74, 6) is -0.373. The van der Waals surface area contributed by atoms with Crippen LogP contribution in [-0.4, -0.2) is 86.3 Å². The predicted molar refractivity (Wildman–Crippen MR) is 129 cm³/mol. The van der Waals surface area contributed by atoms with Gasteiger partial charge >= 0.3 is 13.5 Å². The van der Waals surface area contributed by atoms with E-state index in [1.807, 2.05) is 0 Å². The van der Waals surface area contributed by atoms with Crippen LogP contribution in [0.5, 0.6) is 0 Å². The Hall–Kier alpha value is -3.29. The van der Waals surface area contributed by atoms with Crippen molar-refractivity contribution in [1.82, 2.24) is 34.1 Å². The number of hydrogen-bond donors (Lipinski definition) is 6. The molecule has 0 radical (unpaired) electrons. The number of imidazole rings is 1. The van der Waals surface area contributed by atoms with Crippen molar-refractivity contribution in [3.63, 3.8) is 0 Å². The molecule has 0 spiro atoms. The van der Waals surface area contributed by atoms with E-state index in [-0.39, 0.29) is 35.9 Å². The number of H-pyrrole nitrogens is 1. The lowest BCUT2D eigenvalue weighted by molar-refractivity contribution is -0.117. The lowest BCUT2D eigenvalue weighted by Crippen LogP contribution is -2.41. The quantitative estimate of drug-likeness (QED) is 0.156. The SMILES string of the molecule is C[C@]1(CO)O[C@@H](n2cnc(N)nc2=O)C[C@@H]1OP(=O)(O)OC[C@@H]1O[C@H](n2cnc3c(=O)[nH]c(N)nc32)C[C@H]1O. The average Bonchev–Trinajstić information content (AvgIpc) is 3.53. The standard InChI is InChI=1S/C19H26N9O10P/c1-19(5-29)10(3-12(37-19)28-7-23-16(20)26-18(28)32)38-39(33,34)35-4-9-8(30)2-11(36-9)27-6-22-13-14(27)24-17(21)25-15(13)31/h6-12,29-30H,2-5H2,1H3,(H,33,34)(H2,20,26,32)(H3,21,24,25,31)/t8-,9+,10+,11+,12-,19-/m1/s1. The molecule has 212 valence electrons. The number of aliphatic hydroxyl groups excluding tert-OH is 2. The summed E-state index contributed by atoms with van der Waals surface area (Å²) in [4.78, 5) is 52.2. The van der Waals surface area contributed by atoms with E-state index in [1.54, 1.807) is 0 Å². The van der Waals surface area contributed by atoms with Gasteiger partial charge in [0.2, 0.25) is 11.9 Å². The fourth-order valence-electron chi connectivity index (χ4n) is 4.43. The molecular formula is C19H26N9O10P. The third kappa shape index (κ3) is 5.30. The molecule has 0 amide bonds. The summed E-state index contributed by atoms with van der Waals surface area (Å²) in [5.41, 5.74) is 8.36. The van der Waals surface area contributed by atoms with Crippen molar-refractivity contribution < 1.29 is 38.2 Å². The van der Waals surface area contributed by atoms with Gasteiger partial charge in [0.1, 0.15) is 36.6 Å². The number of nitrogens with one attached hydrogen (secondary N) is 1. The van der Waals surface area contributed by atoms with Crippen molar-refractivity contribution in [3.8, 4) is 0 Å². The Kier molecular flexibility index (Phi) is 7.02. The summed E-state index contributed by atoms with van der Waals surface area (Å²) in [6, 6.07) is 0. The smallest absolute Gasteiger partial charge is 0.393 e. The van der Waals surface area contributed by atoms with Gasteiger partial charge in [-0.1, -0.05) is 0 Å². The van der Waals surface area contributed by atoms with Crippen LogP contribution >= 0.6 is 7.82 Å². The Labute approximate surface area is 218 Å². The van der Waals surface area contributed by atoms with Crippen molar-refractivity contribution in [2.24, 2.45) is 0 Å². The van der Waals surface area contributed by atoms with Crippen molar-refractivity contribution in [3.05, 3.63) is 33.5 Å². The highest BCUT2D eigenvalue weighted by atomic mass is 31.2. The van der Waals surface area contributed by atoms with E-state index < -0.39 is 68.7 Å². The summed E-state index contributed by atoms with van der Waals surface area (Å²) in [6.45, 7) is 0.258. The fraction of sp³-hybridized carbons (Fsp3) is 0.579. The maximum Gasteiger partial charge on any atom is 0.472 e. The molecule has 0 aromatic carbocycles. The molecule has 0 aliphatic carbocycles. The Balaban J connectivity index is 1.24. The summed E-state index contributed by atoms with van der Waals surface area (Å²) >= 11 is 0. The van der Waals surface area contributed by atoms with Gasteiger partial charge in [-0.2, -0.15) is 9.97 Å². The van der Waals surface area contributed by atoms with E-state index in [2.05, 4.69) is 24.9 Å². The first-order valence-corrected chi connectivity index (χ1v) is 13.1. The number of nitrogens with two attached hydrogens (primary N) is 2. The number of anilines is 2. The van der Waals surface area contributed by atoms with Gasteiger partial charge in [-0.3, -0.25) is 28.0 Å². The summed E-state index contributed by atoms with van der Waals surface area (Å²) in [6.07, 6.45) is -2.92. The molecule has 20 heteroatoms. The van der Waals surface area contributed by atoms with E-state index in [1.165, 1.54) is 17.8 Å². The molecule has 19 nitrogen and oxygen atoms in total. The largest absolute Gasteiger partial charge is 0.472 e. The number of nitrogens with zero attached hydrogens (tertiary/aromatic N) is 6. The molecule has 2 fully saturated rings. The van der Waals surface area contributed by atoms with Crippen LogP contribution in [-0.2, 0) is 23.1 Å². The van der Waals surface area contributed by atoms with Gasteiger partial charge < -0.3 is 36.0 Å². The number of phosphoric acid groups is 1. The van der Waals surface area contributed by atoms with Gasteiger partial charge in [-0.25, -0.2) is 19.3 Å². The molecule has 3 aromatic heterocycles. The van der Waals surface area contributed by atoms with Crippen LogP contribution < -0.4 is 22.7 Å². The number of nitrogen functional groups attached to an aromatic ring is 2. The number of phosphoric ester groups is 1. The van der Waals surface area contributed by atoms with Crippen molar-refractivity contribution in [2.45, 2.75) is 56.1 Å². The third-order valence-corrected chi connectivity index (χ3v) is 7.50. The maximum absolute atomic E-state index is 12.8. The molecule has 0 bridgehead atoms. The molecule has 0 saturated carbocycles. The zero-order chi connectivity index (χ0) is 28.1. The maximum atomic E-state index is 12.8. The van der Waals surface area contributed by atoms with Gasteiger partial charge in [0.25, 0.3) is 5.56 Å². The van der Waals surface area contributed by atoms with Crippen LogP contribution in [0.4, 0.5) is 11.9 Å². The van der Waals surface area contributed by atoms with Gasteiger partial charge in [-0.05, 0) is 6.92 Å². The molecule has 2 saturated heterocycles. The molecule has 3 aromatic rings. The normalized spacial score (nSPS) is 30.6. The van der Waals surface area contributed by atoms with Gasteiger partial charge in [-0.15, -0.1) is 0 Å². The van der Waals surface area contributed by atoms with E-state index in [9.17, 15) is 29.3 Å². The molecule has 8 N–H and O–H groups in total. The first-order chi connectivity index (χ1) is 18.4. The zero-order valence-corrected chi connectivity index (χ0v) is 21.2. The topological polar surface area (TPSA) is 278 Å². The first kappa shape index (κ1) is 27.3. The number of hydrogen-bond acceptors (Lipinski definition) is 15.